The fraction of sp³-hybridized carbons (Fsp3) is 0.647. The van der Waals surface area contributed by atoms with Gasteiger partial charge in [0.05, 0.1) is 5.60 Å². The summed E-state index contributed by atoms with van der Waals surface area (Å²) < 4.78 is 0. The van der Waals surface area contributed by atoms with E-state index in [0.717, 1.165) is 35.8 Å². The summed E-state index contributed by atoms with van der Waals surface area (Å²) in [6, 6.07) is 6.41. The van der Waals surface area contributed by atoms with Crippen molar-refractivity contribution in [2.75, 3.05) is 24.5 Å². The van der Waals surface area contributed by atoms with Gasteiger partial charge in [0.2, 0.25) is 0 Å². The van der Waals surface area contributed by atoms with Crippen LogP contribution in [-0.2, 0) is 0 Å². The zero-order chi connectivity index (χ0) is 16.0. The number of hydrogen-bond acceptors (Lipinski definition) is 3. The zero-order valence-electron chi connectivity index (χ0n) is 13.9. The van der Waals surface area contributed by atoms with E-state index >= 15 is 0 Å². The minimum absolute atomic E-state index is 0.246. The fourth-order valence-corrected chi connectivity index (χ4v) is 2.73. The predicted octanol–water partition coefficient (Wildman–Crippen LogP) is 4.00. The van der Waals surface area contributed by atoms with Gasteiger partial charge >= 0.3 is 0 Å². The van der Waals surface area contributed by atoms with E-state index in [4.69, 9.17) is 11.6 Å². The minimum Gasteiger partial charge on any atom is -0.389 e. The molecule has 3 nitrogen and oxygen atoms in total. The molecule has 0 aliphatic rings. The Hall–Kier alpha value is -0.770. The van der Waals surface area contributed by atoms with Gasteiger partial charge in [-0.05, 0) is 58.4 Å². The summed E-state index contributed by atoms with van der Waals surface area (Å²) in [7, 11) is 0. The molecule has 1 aromatic rings. The molecule has 0 bridgehead atoms. The van der Waals surface area contributed by atoms with Crippen molar-refractivity contribution in [3.63, 3.8) is 0 Å². The minimum atomic E-state index is -0.725. The lowest BCUT2D eigenvalue weighted by atomic mass is 10.1. The molecule has 1 aromatic carbocycles. The zero-order valence-corrected chi connectivity index (χ0v) is 14.7. The first-order valence-corrected chi connectivity index (χ1v) is 8.16. The van der Waals surface area contributed by atoms with Gasteiger partial charge in [0.15, 0.2) is 0 Å². The molecule has 0 aromatic heterocycles. The van der Waals surface area contributed by atoms with E-state index < -0.39 is 5.60 Å². The lowest BCUT2D eigenvalue weighted by molar-refractivity contribution is 0.0876. The van der Waals surface area contributed by atoms with E-state index in [0.29, 0.717) is 6.54 Å². The molecular formula is C17H29ClN2O. The van der Waals surface area contributed by atoms with Crippen molar-refractivity contribution < 1.29 is 5.11 Å². The summed E-state index contributed by atoms with van der Waals surface area (Å²) in [5.74, 6) is 0. The summed E-state index contributed by atoms with van der Waals surface area (Å²) in [6.45, 7) is 12.4. The summed E-state index contributed by atoms with van der Waals surface area (Å²) in [4.78, 5) is 2.14. The molecule has 2 N–H and O–H groups in total. The Labute approximate surface area is 134 Å². The van der Waals surface area contributed by atoms with Crippen LogP contribution in [0.4, 0.5) is 5.69 Å². The van der Waals surface area contributed by atoms with E-state index in [1.54, 1.807) is 0 Å². The number of halogens is 1. The molecule has 1 atom stereocenters. The SMILES string of the molecule is CCCNC(C)c1ccc(N(CC)CC(C)(C)O)cc1Cl. The Morgan fingerprint density at radius 2 is 2.00 bits per heavy atom. The van der Waals surface area contributed by atoms with Crippen LogP contribution in [0.5, 0.6) is 0 Å². The van der Waals surface area contributed by atoms with Gasteiger partial charge in [-0.3, -0.25) is 0 Å². The quantitative estimate of drug-likeness (QED) is 0.761. The number of likely N-dealkylation sites (N-methyl/N-ethyl adjacent to an activating group) is 1. The van der Waals surface area contributed by atoms with Gasteiger partial charge in [0.25, 0.3) is 0 Å². The number of hydrogen-bond donors (Lipinski definition) is 2. The molecule has 0 fully saturated rings. The molecule has 4 heteroatoms. The molecule has 120 valence electrons. The van der Waals surface area contributed by atoms with Gasteiger partial charge < -0.3 is 15.3 Å². The maximum atomic E-state index is 10.0. The lowest BCUT2D eigenvalue weighted by Gasteiger charge is -2.30. The van der Waals surface area contributed by atoms with Crippen LogP contribution in [0.15, 0.2) is 18.2 Å². The number of aliphatic hydroxyl groups is 1. The number of rotatable bonds is 8. The standard InChI is InChI=1S/C17H29ClN2O/c1-6-10-19-13(3)15-9-8-14(11-16(15)18)20(7-2)12-17(4,5)21/h8-9,11,13,19,21H,6-7,10,12H2,1-5H3. The first kappa shape index (κ1) is 18.3. The van der Waals surface area contributed by atoms with Crippen LogP contribution < -0.4 is 10.2 Å². The topological polar surface area (TPSA) is 35.5 Å². The first-order chi connectivity index (χ1) is 9.78. The Morgan fingerprint density at radius 3 is 2.48 bits per heavy atom. The van der Waals surface area contributed by atoms with E-state index in [1.165, 1.54) is 0 Å². The van der Waals surface area contributed by atoms with Gasteiger partial charge in [0, 0.05) is 29.8 Å². The van der Waals surface area contributed by atoms with Crippen LogP contribution in [0.25, 0.3) is 0 Å². The van der Waals surface area contributed by atoms with Crippen LogP contribution in [0, 0.1) is 0 Å². The highest BCUT2D eigenvalue weighted by Gasteiger charge is 2.18. The van der Waals surface area contributed by atoms with Crippen LogP contribution in [0.2, 0.25) is 5.02 Å². The molecule has 1 unspecified atom stereocenters. The number of anilines is 1. The summed E-state index contributed by atoms with van der Waals surface area (Å²) in [5, 5.41) is 14.2. The predicted molar refractivity (Wildman–Crippen MR) is 92.3 cm³/mol. The monoisotopic (exact) mass is 312 g/mol. The largest absolute Gasteiger partial charge is 0.389 e. The smallest absolute Gasteiger partial charge is 0.0765 e. The maximum absolute atomic E-state index is 10.0. The number of benzene rings is 1. The molecule has 0 heterocycles. The molecule has 21 heavy (non-hydrogen) atoms. The van der Waals surface area contributed by atoms with Gasteiger partial charge in [-0.2, -0.15) is 0 Å². The number of nitrogens with zero attached hydrogens (tertiary/aromatic N) is 1. The third-order valence-corrected chi connectivity index (χ3v) is 3.80. The van der Waals surface area contributed by atoms with E-state index in [-0.39, 0.29) is 6.04 Å². The third kappa shape index (κ3) is 5.85. The molecule has 0 radical (unpaired) electrons. The van der Waals surface area contributed by atoms with Crippen molar-refractivity contribution in [3.05, 3.63) is 28.8 Å². The Bertz CT molecular complexity index is 443. The second kappa shape index (κ2) is 8.02. The van der Waals surface area contributed by atoms with E-state index in [9.17, 15) is 5.11 Å². The third-order valence-electron chi connectivity index (χ3n) is 3.48. The van der Waals surface area contributed by atoms with E-state index in [1.807, 2.05) is 19.9 Å². The Kier molecular flexibility index (Phi) is 6.98. The molecular weight excluding hydrogens is 284 g/mol. The van der Waals surface area contributed by atoms with Gasteiger partial charge in [0.1, 0.15) is 0 Å². The van der Waals surface area contributed by atoms with Gasteiger partial charge in [-0.15, -0.1) is 0 Å². The highest BCUT2D eigenvalue weighted by molar-refractivity contribution is 6.31. The molecule has 1 rings (SSSR count). The average Bonchev–Trinajstić information content (AvgIpc) is 2.41. The second-order valence-corrected chi connectivity index (χ2v) is 6.62. The maximum Gasteiger partial charge on any atom is 0.0765 e. The normalized spacial score (nSPS) is 13.3. The summed E-state index contributed by atoms with van der Waals surface area (Å²) >= 11 is 6.45. The average molecular weight is 313 g/mol. The van der Waals surface area contributed by atoms with Gasteiger partial charge in [-0.1, -0.05) is 24.6 Å². The van der Waals surface area contributed by atoms with E-state index in [2.05, 4.69) is 43.1 Å². The molecule has 0 saturated heterocycles. The highest BCUT2D eigenvalue weighted by Crippen LogP contribution is 2.28. The molecule has 0 aliphatic carbocycles. The summed E-state index contributed by atoms with van der Waals surface area (Å²) in [5.41, 5.74) is 1.45. The van der Waals surface area contributed by atoms with Crippen LogP contribution in [0.1, 0.15) is 52.6 Å². The van der Waals surface area contributed by atoms with Gasteiger partial charge in [-0.25, -0.2) is 0 Å². The number of nitrogens with one attached hydrogen (secondary N) is 1. The van der Waals surface area contributed by atoms with Crippen molar-refractivity contribution in [1.29, 1.82) is 0 Å². The first-order valence-electron chi connectivity index (χ1n) is 7.78. The lowest BCUT2D eigenvalue weighted by Crippen LogP contribution is -2.38. The van der Waals surface area contributed by atoms with Crippen molar-refractivity contribution in [2.24, 2.45) is 0 Å². The van der Waals surface area contributed by atoms with Crippen molar-refractivity contribution in [2.45, 2.75) is 52.7 Å². The molecule has 0 amide bonds. The van der Waals surface area contributed by atoms with Crippen molar-refractivity contribution in [1.82, 2.24) is 5.32 Å². The van der Waals surface area contributed by atoms with Crippen LogP contribution in [0.3, 0.4) is 0 Å². The Balaban J connectivity index is 2.90. The molecule has 0 aliphatic heterocycles. The fourth-order valence-electron chi connectivity index (χ4n) is 2.39. The second-order valence-electron chi connectivity index (χ2n) is 6.21. The van der Waals surface area contributed by atoms with Crippen LogP contribution >= 0.6 is 11.6 Å². The van der Waals surface area contributed by atoms with Crippen LogP contribution in [-0.4, -0.2) is 30.3 Å². The van der Waals surface area contributed by atoms with Crippen molar-refractivity contribution >= 4 is 17.3 Å². The molecule has 0 saturated carbocycles. The molecule has 0 spiro atoms. The van der Waals surface area contributed by atoms with Crippen molar-refractivity contribution in [3.8, 4) is 0 Å². The summed E-state index contributed by atoms with van der Waals surface area (Å²) in [6.07, 6.45) is 1.11. The Morgan fingerprint density at radius 1 is 1.33 bits per heavy atom. The highest BCUT2D eigenvalue weighted by atomic mass is 35.5.